The molecule has 2 saturated carbocycles. The molecule has 4 N–H and O–H groups in total. The van der Waals surface area contributed by atoms with Crippen LogP contribution in [0.5, 0.6) is 0 Å². The summed E-state index contributed by atoms with van der Waals surface area (Å²) in [4.78, 5) is 38.3. The van der Waals surface area contributed by atoms with Crippen molar-refractivity contribution in [3.05, 3.63) is 0 Å². The Hall–Kier alpha value is -1.79. The minimum absolute atomic E-state index is 0.792. The average Bonchev–Trinajstić information content (AvgIpc) is 3.35. The number of fused-ring (bicyclic) bond motifs is 1. The van der Waals surface area contributed by atoms with E-state index in [0.29, 0.717) is 0 Å². The lowest BCUT2D eigenvalue weighted by atomic mass is 9.51. The van der Waals surface area contributed by atoms with E-state index in [4.69, 9.17) is 18.9 Å². The molecule has 2 aliphatic carbocycles. The number of hydrogen-bond donors (Lipinski definition) is 4. The Morgan fingerprint density at radius 2 is 1.58 bits per heavy atom. The number of aliphatic hydroxyl groups excluding tert-OH is 3. The van der Waals surface area contributed by atoms with Crippen LogP contribution in [-0.2, 0) is 33.3 Å². The molecule has 2 spiro atoms. The second kappa shape index (κ2) is 4.91. The molecule has 170 valence electrons. The molecule has 0 aromatic carbocycles. The summed E-state index contributed by atoms with van der Waals surface area (Å²) in [5.74, 6) is -5.22. The van der Waals surface area contributed by atoms with Crippen LogP contribution in [0, 0.1) is 28.1 Å². The first-order valence-electron chi connectivity index (χ1n) is 10.3. The lowest BCUT2D eigenvalue weighted by Crippen LogP contribution is -2.67. The minimum Gasteiger partial charge on any atom is -0.456 e. The van der Waals surface area contributed by atoms with Crippen molar-refractivity contribution in [1.29, 1.82) is 0 Å². The highest BCUT2D eigenvalue weighted by atomic mass is 16.8. The van der Waals surface area contributed by atoms with E-state index in [0.717, 1.165) is 0 Å². The van der Waals surface area contributed by atoms with Crippen LogP contribution in [0.25, 0.3) is 0 Å². The van der Waals surface area contributed by atoms with Gasteiger partial charge in [0.25, 0.3) is 0 Å². The van der Waals surface area contributed by atoms with Gasteiger partial charge in [0.2, 0.25) is 11.9 Å². The lowest BCUT2D eigenvalue weighted by molar-refractivity contribution is -0.240. The zero-order valence-electron chi connectivity index (χ0n) is 17.3. The summed E-state index contributed by atoms with van der Waals surface area (Å²) in [5, 5.41) is 46.1. The molecule has 6 aliphatic rings. The number of hydrogen-bond acceptors (Lipinski definition) is 11. The van der Waals surface area contributed by atoms with Crippen LogP contribution >= 0.6 is 0 Å². The van der Waals surface area contributed by atoms with Gasteiger partial charge < -0.3 is 39.4 Å². The third-order valence-corrected chi connectivity index (χ3v) is 8.95. The van der Waals surface area contributed by atoms with Gasteiger partial charge in [-0.2, -0.15) is 0 Å². The molecule has 0 amide bonds. The van der Waals surface area contributed by atoms with E-state index in [9.17, 15) is 34.8 Å². The molecule has 31 heavy (non-hydrogen) atoms. The largest absolute Gasteiger partial charge is 0.456 e. The summed E-state index contributed by atoms with van der Waals surface area (Å²) in [6.45, 7) is 6.63. The zero-order valence-corrected chi connectivity index (χ0v) is 17.3. The maximum atomic E-state index is 13.4. The highest BCUT2D eigenvalue weighted by Gasteiger charge is 3.05. The van der Waals surface area contributed by atoms with E-state index >= 15 is 0 Å². The molecule has 5 unspecified atom stereocenters. The van der Waals surface area contributed by atoms with Crippen LogP contribution in [0.15, 0.2) is 0 Å². The summed E-state index contributed by atoms with van der Waals surface area (Å²) in [7, 11) is 0. The number of aliphatic hydroxyl groups is 4. The van der Waals surface area contributed by atoms with Crippen LogP contribution in [0.4, 0.5) is 0 Å². The highest BCUT2D eigenvalue weighted by Crippen LogP contribution is 2.84. The van der Waals surface area contributed by atoms with Gasteiger partial charge in [0, 0.05) is 5.92 Å². The second-order valence-electron chi connectivity index (χ2n) is 10.8. The topological polar surface area (TPSA) is 169 Å². The zero-order chi connectivity index (χ0) is 22.7. The lowest BCUT2D eigenvalue weighted by Gasteiger charge is -2.47. The minimum atomic E-state index is -2.40. The normalized spacial score (nSPS) is 61.0. The molecule has 6 fully saturated rings. The Morgan fingerprint density at radius 3 is 2.19 bits per heavy atom. The molecule has 11 nitrogen and oxygen atoms in total. The van der Waals surface area contributed by atoms with E-state index in [2.05, 4.69) is 0 Å². The van der Waals surface area contributed by atoms with Gasteiger partial charge >= 0.3 is 17.9 Å². The average molecular weight is 440 g/mol. The first-order valence-corrected chi connectivity index (χ1v) is 10.3. The highest BCUT2D eigenvalue weighted by molar-refractivity contribution is 5.94. The Labute approximate surface area is 176 Å². The number of carbonyl (C=O) groups is 3. The molecule has 0 radical (unpaired) electrons. The molecule has 12 atom stereocenters. The molecule has 4 heterocycles. The number of carbonyl (C=O) groups excluding carboxylic acids is 3. The Bertz CT molecular complexity index is 957. The van der Waals surface area contributed by atoms with Gasteiger partial charge in [-0.3, -0.25) is 4.79 Å². The fourth-order valence-electron chi connectivity index (χ4n) is 8.27. The predicted octanol–water partition coefficient (Wildman–Crippen LogP) is -2.40. The summed E-state index contributed by atoms with van der Waals surface area (Å²) >= 11 is 0. The van der Waals surface area contributed by atoms with Crippen LogP contribution < -0.4 is 0 Å². The summed E-state index contributed by atoms with van der Waals surface area (Å²) in [6.07, 6.45) is -9.69. The Kier molecular flexibility index (Phi) is 3.15. The van der Waals surface area contributed by atoms with Gasteiger partial charge in [0.15, 0.2) is 17.8 Å². The van der Waals surface area contributed by atoms with E-state index in [1.165, 1.54) is 6.92 Å². The number of rotatable bonds is 0. The van der Waals surface area contributed by atoms with Crippen molar-refractivity contribution in [3.63, 3.8) is 0 Å². The maximum Gasteiger partial charge on any atom is 0.343 e. The molecule has 4 aliphatic heterocycles. The maximum absolute atomic E-state index is 13.4. The number of ether oxygens (including phenoxy) is 4. The first-order chi connectivity index (χ1) is 14.3. The standard InChI is InChI=1S/C20H24O11/c1-5-12(24)28-11-8(22)18-10-6(21)7(16(2,3)4)17(18)9(23)13(25)30-15(17)31-20(18,14(26)29-10)19(5,11)27/h5-11,15,21-23,27H,1-4H3/t5-,6-,7+,8?,9?,10-,11+,15?,17?,18?,19-,20-/m1/s1. The van der Waals surface area contributed by atoms with Gasteiger partial charge in [-0.15, -0.1) is 0 Å². The summed E-state index contributed by atoms with van der Waals surface area (Å²) in [6, 6.07) is 0. The third kappa shape index (κ3) is 1.43. The molecule has 4 saturated heterocycles. The molecule has 0 bridgehead atoms. The monoisotopic (exact) mass is 440 g/mol. The first kappa shape index (κ1) is 19.9. The third-order valence-electron chi connectivity index (χ3n) is 8.95. The van der Waals surface area contributed by atoms with Gasteiger partial charge in [0.05, 0.1) is 22.9 Å². The van der Waals surface area contributed by atoms with Crippen molar-refractivity contribution in [2.24, 2.45) is 28.1 Å². The molecule has 0 aromatic rings. The van der Waals surface area contributed by atoms with Crippen LogP contribution in [0.1, 0.15) is 27.7 Å². The van der Waals surface area contributed by atoms with Crippen molar-refractivity contribution in [2.45, 2.75) is 75.7 Å². The predicted molar refractivity (Wildman–Crippen MR) is 93.4 cm³/mol. The van der Waals surface area contributed by atoms with Crippen molar-refractivity contribution in [3.8, 4) is 0 Å². The van der Waals surface area contributed by atoms with Crippen molar-refractivity contribution in [2.75, 3.05) is 0 Å². The van der Waals surface area contributed by atoms with Crippen LogP contribution in [0.2, 0.25) is 0 Å². The van der Waals surface area contributed by atoms with Gasteiger partial charge in [0.1, 0.15) is 12.2 Å². The number of esters is 3. The van der Waals surface area contributed by atoms with Crippen molar-refractivity contribution >= 4 is 17.9 Å². The van der Waals surface area contributed by atoms with Crippen LogP contribution in [0.3, 0.4) is 0 Å². The van der Waals surface area contributed by atoms with Crippen molar-refractivity contribution < 1.29 is 53.8 Å². The van der Waals surface area contributed by atoms with Crippen molar-refractivity contribution in [1.82, 2.24) is 0 Å². The van der Waals surface area contributed by atoms with Gasteiger partial charge in [-0.05, 0) is 12.3 Å². The SMILES string of the molecule is C[C@@H]1C(=O)O[C@H]2C(O)C34[C@@H]5OC(=O)[C@]3(OC3OC(=O)C(O)C34[C@H](C(C)(C)C)[C@H]5O)[C@@]12O. The quantitative estimate of drug-likeness (QED) is 0.234. The van der Waals surface area contributed by atoms with E-state index < -0.39 is 94.0 Å². The smallest absolute Gasteiger partial charge is 0.343 e. The fraction of sp³-hybridized carbons (Fsp3) is 0.850. The van der Waals surface area contributed by atoms with E-state index in [1.54, 1.807) is 20.8 Å². The summed E-state index contributed by atoms with van der Waals surface area (Å²) in [5.41, 5.74) is -9.40. The van der Waals surface area contributed by atoms with Gasteiger partial charge in [-0.25, -0.2) is 9.59 Å². The second-order valence-corrected chi connectivity index (χ2v) is 10.8. The molecular weight excluding hydrogens is 416 g/mol. The molecule has 0 aromatic heterocycles. The molecule has 6 rings (SSSR count). The van der Waals surface area contributed by atoms with E-state index in [1.807, 2.05) is 0 Å². The van der Waals surface area contributed by atoms with Gasteiger partial charge in [-0.1, -0.05) is 20.8 Å². The Balaban J connectivity index is 1.75. The molecule has 11 heteroatoms. The summed E-state index contributed by atoms with van der Waals surface area (Å²) < 4.78 is 22.2. The van der Waals surface area contributed by atoms with E-state index in [-0.39, 0.29) is 0 Å². The van der Waals surface area contributed by atoms with Crippen LogP contribution in [-0.4, -0.2) is 86.3 Å². The fourth-order valence-corrected chi connectivity index (χ4v) is 8.27. The molecular formula is C20H24O11. The Morgan fingerprint density at radius 1 is 0.935 bits per heavy atom.